The molecule has 0 saturated heterocycles. The van der Waals surface area contributed by atoms with Gasteiger partial charge in [0.15, 0.2) is 0 Å². The zero-order valence-corrected chi connectivity index (χ0v) is 14.2. The molecule has 2 aromatic heterocycles. The number of hydrogen-bond acceptors (Lipinski definition) is 6. The summed E-state index contributed by atoms with van der Waals surface area (Å²) in [5.74, 6) is -1.03. The van der Waals surface area contributed by atoms with Gasteiger partial charge in [-0.3, -0.25) is 19.1 Å². The summed E-state index contributed by atoms with van der Waals surface area (Å²) < 4.78 is 1.21. The van der Waals surface area contributed by atoms with E-state index in [0.29, 0.717) is 5.56 Å². The number of aromatic amines is 1. The number of carboxylic acid groups (broad SMARTS) is 1. The van der Waals surface area contributed by atoms with Gasteiger partial charge in [-0.15, -0.1) is 0 Å². The molecule has 0 radical (unpaired) electrons. The second-order valence-corrected chi connectivity index (χ2v) is 6.47. The highest BCUT2D eigenvalue weighted by Crippen LogP contribution is 2.18. The van der Waals surface area contributed by atoms with E-state index in [2.05, 4.69) is 20.3 Å². The molecular formula is C17H21N5O4. The average Bonchev–Trinajstić information content (AvgIpc) is 2.64. The first-order chi connectivity index (χ1) is 12.5. The first kappa shape index (κ1) is 18.0. The maximum absolute atomic E-state index is 12.1. The minimum absolute atomic E-state index is 0.0812. The molecule has 1 aliphatic rings. The van der Waals surface area contributed by atoms with Crippen LogP contribution < -0.4 is 16.6 Å². The highest BCUT2D eigenvalue weighted by atomic mass is 16.4. The van der Waals surface area contributed by atoms with Crippen molar-refractivity contribution in [2.75, 3.05) is 0 Å². The van der Waals surface area contributed by atoms with Gasteiger partial charge in [-0.2, -0.15) is 0 Å². The lowest BCUT2D eigenvalue weighted by Gasteiger charge is -2.26. The molecule has 1 saturated carbocycles. The van der Waals surface area contributed by atoms with Crippen LogP contribution in [0.4, 0.5) is 0 Å². The molecule has 1 aliphatic carbocycles. The molecule has 9 nitrogen and oxygen atoms in total. The van der Waals surface area contributed by atoms with Gasteiger partial charge in [0.05, 0.1) is 12.1 Å². The molecule has 1 atom stereocenters. The molecule has 0 spiro atoms. The van der Waals surface area contributed by atoms with Crippen LogP contribution in [-0.2, 0) is 11.3 Å². The maximum atomic E-state index is 12.1. The van der Waals surface area contributed by atoms with Crippen molar-refractivity contribution >= 4 is 5.97 Å². The average molecular weight is 359 g/mol. The van der Waals surface area contributed by atoms with Crippen molar-refractivity contribution in [3.63, 3.8) is 0 Å². The maximum Gasteiger partial charge on any atom is 0.328 e. The lowest BCUT2D eigenvalue weighted by atomic mass is 9.95. The highest BCUT2D eigenvalue weighted by Gasteiger charge is 2.24. The number of H-pyrrole nitrogens is 1. The molecule has 0 aliphatic heterocycles. The van der Waals surface area contributed by atoms with E-state index < -0.39 is 23.3 Å². The molecule has 3 rings (SSSR count). The Morgan fingerprint density at radius 1 is 1.27 bits per heavy atom. The van der Waals surface area contributed by atoms with Gasteiger partial charge in [-0.25, -0.2) is 14.8 Å². The molecule has 9 heteroatoms. The molecule has 0 amide bonds. The molecule has 26 heavy (non-hydrogen) atoms. The van der Waals surface area contributed by atoms with Crippen molar-refractivity contribution in [3.05, 3.63) is 45.8 Å². The number of carbonyl (C=O) groups is 1. The third-order valence-corrected chi connectivity index (χ3v) is 4.60. The van der Waals surface area contributed by atoms with Gasteiger partial charge >= 0.3 is 11.7 Å². The van der Waals surface area contributed by atoms with Crippen molar-refractivity contribution in [3.8, 4) is 11.1 Å². The van der Waals surface area contributed by atoms with Gasteiger partial charge in [0, 0.05) is 30.2 Å². The largest absolute Gasteiger partial charge is 0.480 e. The van der Waals surface area contributed by atoms with Crippen LogP contribution in [0.5, 0.6) is 0 Å². The van der Waals surface area contributed by atoms with Crippen LogP contribution in [0, 0.1) is 0 Å². The zero-order chi connectivity index (χ0) is 18.5. The predicted octanol–water partition coefficient (Wildman–Crippen LogP) is 0.369. The predicted molar refractivity (Wildman–Crippen MR) is 93.8 cm³/mol. The number of nitrogens with one attached hydrogen (secondary N) is 2. The summed E-state index contributed by atoms with van der Waals surface area (Å²) in [5.41, 5.74) is -0.540. The number of aromatic nitrogens is 4. The monoisotopic (exact) mass is 359 g/mol. The summed E-state index contributed by atoms with van der Waals surface area (Å²) in [7, 11) is 0. The van der Waals surface area contributed by atoms with Gasteiger partial charge < -0.3 is 10.4 Å². The lowest BCUT2D eigenvalue weighted by molar-refractivity contribution is -0.140. The number of nitrogens with zero attached hydrogens (tertiary/aromatic N) is 3. The Morgan fingerprint density at radius 2 is 1.96 bits per heavy atom. The van der Waals surface area contributed by atoms with Crippen LogP contribution in [0.3, 0.4) is 0 Å². The van der Waals surface area contributed by atoms with Crippen LogP contribution in [0.25, 0.3) is 11.1 Å². The number of hydrogen-bond donors (Lipinski definition) is 3. The standard InChI is InChI=1S/C17H21N5O4/c23-15-13(11-6-18-10-19-7-11)8-22(17(26)21-15)9-14(16(24)25)20-12-4-2-1-3-5-12/h6-8,10,12,14,20H,1-5,9H2,(H,24,25)(H,21,23,26)/t14-/m0/s1. The van der Waals surface area contributed by atoms with Crippen LogP contribution in [-0.4, -0.2) is 42.7 Å². The van der Waals surface area contributed by atoms with Gasteiger partial charge in [-0.05, 0) is 12.8 Å². The molecule has 2 heterocycles. The molecule has 0 aromatic carbocycles. The molecule has 1 fully saturated rings. The minimum atomic E-state index is -1.03. The second kappa shape index (κ2) is 8.05. The van der Waals surface area contributed by atoms with E-state index in [9.17, 15) is 19.5 Å². The lowest BCUT2D eigenvalue weighted by Crippen LogP contribution is -2.48. The summed E-state index contributed by atoms with van der Waals surface area (Å²) in [6.45, 7) is -0.0812. The van der Waals surface area contributed by atoms with Gasteiger partial charge in [-0.1, -0.05) is 19.3 Å². The van der Waals surface area contributed by atoms with E-state index in [1.807, 2.05) is 0 Å². The molecule has 0 unspecified atom stereocenters. The first-order valence-corrected chi connectivity index (χ1v) is 8.62. The Bertz CT molecular complexity index is 871. The van der Waals surface area contributed by atoms with Crippen molar-refractivity contribution in [1.29, 1.82) is 0 Å². The molecule has 3 N–H and O–H groups in total. The highest BCUT2D eigenvalue weighted by molar-refractivity contribution is 5.73. The Hall–Kier alpha value is -2.81. The third-order valence-electron chi connectivity index (χ3n) is 4.60. The molecule has 138 valence electrons. The fraction of sp³-hybridized carbons (Fsp3) is 0.471. The van der Waals surface area contributed by atoms with E-state index in [-0.39, 0.29) is 18.2 Å². The van der Waals surface area contributed by atoms with Gasteiger partial charge in [0.2, 0.25) is 0 Å². The normalized spacial score (nSPS) is 16.3. The number of carboxylic acids is 1. The third kappa shape index (κ3) is 4.23. The summed E-state index contributed by atoms with van der Waals surface area (Å²) >= 11 is 0. The van der Waals surface area contributed by atoms with Crippen LogP contribution in [0.15, 0.2) is 34.5 Å². The smallest absolute Gasteiger partial charge is 0.328 e. The van der Waals surface area contributed by atoms with E-state index in [0.717, 1.165) is 32.1 Å². The van der Waals surface area contributed by atoms with Crippen molar-refractivity contribution < 1.29 is 9.90 Å². The second-order valence-electron chi connectivity index (χ2n) is 6.47. The number of rotatable bonds is 6. The zero-order valence-electron chi connectivity index (χ0n) is 14.2. The fourth-order valence-corrected chi connectivity index (χ4v) is 3.24. The molecule has 0 bridgehead atoms. The van der Waals surface area contributed by atoms with E-state index in [1.54, 1.807) is 0 Å². The van der Waals surface area contributed by atoms with Gasteiger partial charge in [0.1, 0.15) is 12.4 Å². The Balaban J connectivity index is 1.86. The van der Waals surface area contributed by atoms with Gasteiger partial charge in [0.25, 0.3) is 5.56 Å². The summed E-state index contributed by atoms with van der Waals surface area (Å²) in [4.78, 5) is 45.8. The SMILES string of the molecule is O=C(O)[C@H](Cn1cc(-c2cncnc2)c(=O)[nH]c1=O)NC1CCCCC1. The van der Waals surface area contributed by atoms with Crippen LogP contribution in [0.2, 0.25) is 0 Å². The number of aliphatic carboxylic acids is 1. The molecule has 2 aromatic rings. The quantitative estimate of drug-likeness (QED) is 0.679. The van der Waals surface area contributed by atoms with E-state index >= 15 is 0 Å². The minimum Gasteiger partial charge on any atom is -0.480 e. The molecular weight excluding hydrogens is 338 g/mol. The van der Waals surface area contributed by atoms with Crippen molar-refractivity contribution in [1.82, 2.24) is 24.8 Å². The fourth-order valence-electron chi connectivity index (χ4n) is 3.24. The summed E-state index contributed by atoms with van der Waals surface area (Å²) in [6, 6.07) is -0.785. The van der Waals surface area contributed by atoms with Crippen molar-refractivity contribution in [2.45, 2.75) is 50.7 Å². The topological polar surface area (TPSA) is 130 Å². The van der Waals surface area contributed by atoms with Crippen LogP contribution in [0.1, 0.15) is 32.1 Å². The summed E-state index contributed by atoms with van der Waals surface area (Å²) in [6.07, 6.45) is 10.8. The Labute approximate surface area is 149 Å². The summed E-state index contributed by atoms with van der Waals surface area (Å²) in [5, 5.41) is 12.7. The first-order valence-electron chi connectivity index (χ1n) is 8.62. The van der Waals surface area contributed by atoms with Crippen LogP contribution >= 0.6 is 0 Å². The van der Waals surface area contributed by atoms with E-state index in [4.69, 9.17) is 0 Å². The van der Waals surface area contributed by atoms with Crippen molar-refractivity contribution in [2.24, 2.45) is 0 Å². The Morgan fingerprint density at radius 3 is 2.62 bits per heavy atom. The van der Waals surface area contributed by atoms with E-state index in [1.165, 1.54) is 29.5 Å². The Kier molecular flexibility index (Phi) is 5.57.